The second kappa shape index (κ2) is 11.6. The lowest BCUT2D eigenvalue weighted by Gasteiger charge is -2.34. The van der Waals surface area contributed by atoms with Gasteiger partial charge >= 0.3 is 0 Å². The van der Waals surface area contributed by atoms with E-state index in [0.717, 1.165) is 49.8 Å². The average Bonchev–Trinajstić information content (AvgIpc) is 2.92. The lowest BCUT2D eigenvalue weighted by atomic mass is 9.99. The minimum absolute atomic E-state index is 0.0360. The van der Waals surface area contributed by atoms with Gasteiger partial charge in [0.05, 0.1) is 18.2 Å². The fourth-order valence-corrected chi connectivity index (χ4v) is 5.33. The predicted molar refractivity (Wildman–Crippen MR) is 149 cm³/mol. The minimum Gasteiger partial charge on any atom is -0.508 e. The molecule has 3 heterocycles. The van der Waals surface area contributed by atoms with Gasteiger partial charge in [-0.25, -0.2) is 4.98 Å². The number of carbonyl (C=O) groups excluding carboxylic acids is 1. The number of phenolic OH excluding ortho intramolecular Hbond substituents is 1. The van der Waals surface area contributed by atoms with E-state index in [4.69, 9.17) is 10.2 Å². The Bertz CT molecular complexity index is 1340. The fraction of sp³-hybridized carbons (Fsp3) is 0.429. The van der Waals surface area contributed by atoms with Gasteiger partial charge < -0.3 is 30.9 Å². The second-order valence-corrected chi connectivity index (χ2v) is 10.2. The van der Waals surface area contributed by atoms with Crippen LogP contribution in [-0.2, 0) is 0 Å². The van der Waals surface area contributed by atoms with Crippen LogP contribution >= 0.6 is 0 Å². The molecular formula is C28H34N8O2. The Balaban J connectivity index is 1.42. The topological polar surface area (TPSA) is 129 Å². The molecule has 1 amide bonds. The summed E-state index contributed by atoms with van der Waals surface area (Å²) in [7, 11) is 2.14. The van der Waals surface area contributed by atoms with Crippen LogP contribution in [-0.4, -0.2) is 78.2 Å². The van der Waals surface area contributed by atoms with Gasteiger partial charge in [-0.05, 0) is 43.8 Å². The first kappa shape index (κ1) is 25.7. The Hall–Kier alpha value is -3.94. The standard InChI is InChI=1S/C28H34N8O2/c1-35-11-4-5-19(17-35)16-31-28-33-25(15-26(34-28)36-12-10-30-21(18-36)8-9-29)27(38)32-24-14-22(37)13-20-6-2-3-7-23(20)24/h2-3,6-7,13-15,19,21,30,37H,4-5,8,10-12,16-18H2,1H3,(H,32,38)(H,31,33,34)/t19?,21-/m0/s1. The van der Waals surface area contributed by atoms with Crippen molar-refractivity contribution in [1.82, 2.24) is 20.2 Å². The molecule has 1 aromatic heterocycles. The van der Waals surface area contributed by atoms with Gasteiger partial charge in [-0.3, -0.25) is 4.79 Å². The first-order valence-electron chi connectivity index (χ1n) is 13.2. The smallest absolute Gasteiger partial charge is 0.274 e. The van der Waals surface area contributed by atoms with Crippen LogP contribution in [0.4, 0.5) is 17.5 Å². The van der Waals surface area contributed by atoms with E-state index in [1.165, 1.54) is 0 Å². The quantitative estimate of drug-likeness (QED) is 0.376. The highest BCUT2D eigenvalue weighted by Gasteiger charge is 2.24. The molecule has 4 N–H and O–H groups in total. The zero-order valence-corrected chi connectivity index (χ0v) is 21.7. The van der Waals surface area contributed by atoms with Crippen LogP contribution in [0, 0.1) is 17.2 Å². The zero-order chi connectivity index (χ0) is 26.5. The molecule has 5 rings (SSSR count). The molecule has 198 valence electrons. The summed E-state index contributed by atoms with van der Waals surface area (Å²) in [6.45, 7) is 4.91. The number of amides is 1. The third-order valence-electron chi connectivity index (χ3n) is 7.23. The van der Waals surface area contributed by atoms with Crippen LogP contribution < -0.4 is 20.9 Å². The van der Waals surface area contributed by atoms with Gasteiger partial charge in [0.2, 0.25) is 5.95 Å². The maximum Gasteiger partial charge on any atom is 0.274 e. The van der Waals surface area contributed by atoms with Crippen molar-refractivity contribution in [3.8, 4) is 11.8 Å². The number of anilines is 3. The fourth-order valence-electron chi connectivity index (χ4n) is 5.33. The third kappa shape index (κ3) is 6.13. The summed E-state index contributed by atoms with van der Waals surface area (Å²) in [6.07, 6.45) is 2.71. The Morgan fingerprint density at radius 3 is 2.92 bits per heavy atom. The highest BCUT2D eigenvalue weighted by Crippen LogP contribution is 2.29. The van der Waals surface area contributed by atoms with E-state index in [-0.39, 0.29) is 23.4 Å². The molecule has 2 atom stereocenters. The number of fused-ring (bicyclic) bond motifs is 1. The van der Waals surface area contributed by atoms with Crippen molar-refractivity contribution in [2.75, 3.05) is 61.8 Å². The lowest BCUT2D eigenvalue weighted by Crippen LogP contribution is -2.51. The Morgan fingerprint density at radius 1 is 1.21 bits per heavy atom. The van der Waals surface area contributed by atoms with Crippen molar-refractivity contribution in [3.63, 3.8) is 0 Å². The second-order valence-electron chi connectivity index (χ2n) is 10.2. The monoisotopic (exact) mass is 514 g/mol. The molecule has 3 aromatic rings. The van der Waals surface area contributed by atoms with E-state index < -0.39 is 0 Å². The molecule has 2 aliphatic heterocycles. The molecule has 0 spiro atoms. The van der Waals surface area contributed by atoms with Gasteiger partial charge in [0, 0.05) is 56.3 Å². The van der Waals surface area contributed by atoms with E-state index in [1.807, 2.05) is 24.3 Å². The molecule has 2 aliphatic rings. The Kier molecular flexibility index (Phi) is 7.86. The summed E-state index contributed by atoms with van der Waals surface area (Å²) in [5.74, 6) is 1.24. The number of phenols is 1. The largest absolute Gasteiger partial charge is 0.508 e. The number of likely N-dealkylation sites (tertiary alicyclic amines) is 1. The maximum absolute atomic E-state index is 13.5. The van der Waals surface area contributed by atoms with Crippen LogP contribution in [0.15, 0.2) is 42.5 Å². The molecule has 10 nitrogen and oxygen atoms in total. The van der Waals surface area contributed by atoms with Crippen LogP contribution in [0.25, 0.3) is 10.8 Å². The number of carbonyl (C=O) groups is 1. The molecule has 0 saturated carbocycles. The number of hydrogen-bond donors (Lipinski definition) is 4. The number of nitrogens with zero attached hydrogens (tertiary/aromatic N) is 5. The number of aromatic hydroxyl groups is 1. The van der Waals surface area contributed by atoms with Crippen LogP contribution in [0.3, 0.4) is 0 Å². The highest BCUT2D eigenvalue weighted by molar-refractivity contribution is 6.09. The lowest BCUT2D eigenvalue weighted by molar-refractivity contribution is 0.102. The number of benzene rings is 2. The van der Waals surface area contributed by atoms with Crippen molar-refractivity contribution < 1.29 is 9.90 Å². The van der Waals surface area contributed by atoms with Crippen molar-refractivity contribution in [2.24, 2.45) is 5.92 Å². The molecule has 2 aromatic carbocycles. The third-order valence-corrected chi connectivity index (χ3v) is 7.23. The summed E-state index contributed by atoms with van der Waals surface area (Å²) in [5, 5.41) is 30.7. The van der Waals surface area contributed by atoms with E-state index >= 15 is 0 Å². The predicted octanol–water partition coefficient (Wildman–Crippen LogP) is 3.03. The van der Waals surface area contributed by atoms with Crippen LogP contribution in [0.5, 0.6) is 5.75 Å². The SMILES string of the molecule is CN1CCCC(CNc2nc(C(=O)Nc3cc(O)cc4ccccc34)cc(N3CCN[C@@H](CC#N)C3)n2)C1. The van der Waals surface area contributed by atoms with E-state index in [0.29, 0.717) is 42.9 Å². The van der Waals surface area contributed by atoms with Crippen molar-refractivity contribution in [2.45, 2.75) is 25.3 Å². The number of nitriles is 1. The first-order chi connectivity index (χ1) is 18.5. The number of aromatic nitrogens is 2. The van der Waals surface area contributed by atoms with Gasteiger partial charge in [0.15, 0.2) is 0 Å². The van der Waals surface area contributed by atoms with Gasteiger partial charge in [-0.1, -0.05) is 24.3 Å². The summed E-state index contributed by atoms with van der Waals surface area (Å²) < 4.78 is 0. The van der Waals surface area contributed by atoms with Gasteiger partial charge in [-0.2, -0.15) is 10.2 Å². The Morgan fingerprint density at radius 2 is 2.08 bits per heavy atom. The number of piperazine rings is 1. The summed E-state index contributed by atoms with van der Waals surface area (Å²) in [4.78, 5) is 27.3. The molecule has 1 unspecified atom stereocenters. The molecule has 0 aliphatic carbocycles. The molecule has 2 saturated heterocycles. The average molecular weight is 515 g/mol. The zero-order valence-electron chi connectivity index (χ0n) is 21.7. The molecular weight excluding hydrogens is 480 g/mol. The molecule has 0 radical (unpaired) electrons. The van der Waals surface area contributed by atoms with Crippen LogP contribution in [0.1, 0.15) is 29.8 Å². The van der Waals surface area contributed by atoms with E-state index in [1.54, 1.807) is 18.2 Å². The van der Waals surface area contributed by atoms with Crippen molar-refractivity contribution >= 4 is 34.1 Å². The van der Waals surface area contributed by atoms with Crippen molar-refractivity contribution in [1.29, 1.82) is 5.26 Å². The van der Waals surface area contributed by atoms with Gasteiger partial charge in [-0.15, -0.1) is 0 Å². The van der Waals surface area contributed by atoms with Gasteiger partial charge in [0.1, 0.15) is 17.3 Å². The normalized spacial score (nSPS) is 20.2. The number of rotatable bonds is 7. The summed E-state index contributed by atoms with van der Waals surface area (Å²) in [5.41, 5.74) is 0.753. The molecule has 0 bridgehead atoms. The first-order valence-corrected chi connectivity index (χ1v) is 13.2. The molecule has 38 heavy (non-hydrogen) atoms. The number of hydrogen-bond acceptors (Lipinski definition) is 9. The van der Waals surface area contributed by atoms with Crippen molar-refractivity contribution in [3.05, 3.63) is 48.2 Å². The number of piperidine rings is 1. The highest BCUT2D eigenvalue weighted by atomic mass is 16.3. The maximum atomic E-state index is 13.5. The van der Waals surface area contributed by atoms with Gasteiger partial charge in [0.25, 0.3) is 5.91 Å². The summed E-state index contributed by atoms with van der Waals surface area (Å²) >= 11 is 0. The number of nitrogens with one attached hydrogen (secondary N) is 3. The Labute approximate surface area is 222 Å². The summed E-state index contributed by atoms with van der Waals surface area (Å²) in [6, 6.07) is 14.8. The van der Waals surface area contributed by atoms with Crippen LogP contribution in [0.2, 0.25) is 0 Å². The van der Waals surface area contributed by atoms with E-state index in [2.05, 4.69) is 43.9 Å². The molecule has 10 heteroatoms. The van der Waals surface area contributed by atoms with E-state index in [9.17, 15) is 9.90 Å². The minimum atomic E-state index is -0.381. The molecule has 2 fully saturated rings.